The molecule has 0 bridgehead atoms. The average Bonchev–Trinajstić information content (AvgIpc) is 2.03. The lowest BCUT2D eigenvalue weighted by Crippen LogP contribution is -2.15. The number of hydrogen-bond acceptors (Lipinski definition) is 2. The molecule has 0 spiro atoms. The summed E-state index contributed by atoms with van der Waals surface area (Å²) in [6.07, 6.45) is 1.73. The molecule has 3 heteroatoms. The van der Waals surface area contributed by atoms with E-state index in [1.807, 2.05) is 19.1 Å². The first-order valence-electron chi connectivity index (χ1n) is 3.29. The Hall–Kier alpha value is -1.38. The number of rotatable bonds is 2. The van der Waals surface area contributed by atoms with Crippen LogP contribution in [0.1, 0.15) is 5.69 Å². The summed E-state index contributed by atoms with van der Waals surface area (Å²) >= 11 is 0. The van der Waals surface area contributed by atoms with Crippen molar-refractivity contribution in [3.05, 3.63) is 23.9 Å². The first kappa shape index (κ1) is 7.72. The second kappa shape index (κ2) is 3.14. The van der Waals surface area contributed by atoms with Gasteiger partial charge in [-0.3, -0.25) is 9.69 Å². The number of aryl methyl sites for hydroxylation is 1. The smallest absolute Gasteiger partial charge is 0.292 e. The van der Waals surface area contributed by atoms with Crippen molar-refractivity contribution in [3.8, 4) is 0 Å². The van der Waals surface area contributed by atoms with Crippen molar-refractivity contribution < 1.29 is 4.79 Å². The molecule has 1 aromatic rings. The number of anilines is 1. The van der Waals surface area contributed by atoms with Gasteiger partial charge in [0, 0.05) is 12.7 Å². The molecule has 1 aromatic heterocycles. The summed E-state index contributed by atoms with van der Waals surface area (Å²) in [5.41, 5.74) is 0.893. The fraction of sp³-hybridized carbons (Fsp3) is 0.250. The highest BCUT2D eigenvalue weighted by molar-refractivity contribution is 5.72. The van der Waals surface area contributed by atoms with Gasteiger partial charge in [0.1, 0.15) is 5.82 Å². The monoisotopic (exact) mass is 149 g/mol. The SMILES string of the molecule is Cc1cccc(N(C)[C]=O)n1. The van der Waals surface area contributed by atoms with Crippen LogP contribution in [0.3, 0.4) is 0 Å². The fourth-order valence-corrected chi connectivity index (χ4v) is 0.762. The summed E-state index contributed by atoms with van der Waals surface area (Å²) in [4.78, 5) is 15.6. The number of aromatic nitrogens is 1. The second-order valence-corrected chi connectivity index (χ2v) is 2.29. The third kappa shape index (κ3) is 1.77. The van der Waals surface area contributed by atoms with Crippen LogP contribution in [-0.4, -0.2) is 18.4 Å². The standard InChI is InChI=1S/C8H9N2O/c1-7-4-3-5-8(9-7)10(2)6-11/h3-5H,1-2H3. The third-order valence-corrected chi connectivity index (χ3v) is 1.35. The molecule has 57 valence electrons. The van der Waals surface area contributed by atoms with Crippen molar-refractivity contribution in [2.75, 3.05) is 11.9 Å². The molecule has 0 N–H and O–H groups in total. The maximum atomic E-state index is 10.2. The van der Waals surface area contributed by atoms with Crippen LogP contribution in [0.25, 0.3) is 0 Å². The Morgan fingerprint density at radius 1 is 1.55 bits per heavy atom. The highest BCUT2D eigenvalue weighted by Gasteiger charge is 1.99. The van der Waals surface area contributed by atoms with Gasteiger partial charge in [0.25, 0.3) is 0 Å². The van der Waals surface area contributed by atoms with Gasteiger partial charge in [-0.2, -0.15) is 0 Å². The number of hydrogen-bond donors (Lipinski definition) is 0. The molecule has 0 aliphatic rings. The first-order chi connectivity index (χ1) is 5.24. The Bertz CT molecular complexity index is 260. The van der Waals surface area contributed by atoms with Crippen molar-refractivity contribution in [2.45, 2.75) is 6.92 Å². The van der Waals surface area contributed by atoms with Crippen LogP contribution in [0.5, 0.6) is 0 Å². The highest BCUT2D eigenvalue weighted by atomic mass is 16.1. The van der Waals surface area contributed by atoms with Gasteiger partial charge >= 0.3 is 6.41 Å². The van der Waals surface area contributed by atoms with Crippen molar-refractivity contribution >= 4 is 12.2 Å². The maximum Gasteiger partial charge on any atom is 0.317 e. The molecule has 0 aliphatic heterocycles. The molecule has 0 saturated heterocycles. The van der Waals surface area contributed by atoms with Gasteiger partial charge in [0.2, 0.25) is 0 Å². The third-order valence-electron chi connectivity index (χ3n) is 1.35. The maximum absolute atomic E-state index is 10.2. The Morgan fingerprint density at radius 2 is 2.27 bits per heavy atom. The molecule has 1 heterocycles. The summed E-state index contributed by atoms with van der Waals surface area (Å²) in [7, 11) is 1.62. The van der Waals surface area contributed by atoms with Crippen LogP contribution < -0.4 is 4.90 Å². The van der Waals surface area contributed by atoms with Gasteiger partial charge < -0.3 is 0 Å². The molecular formula is C8H9N2O. The van der Waals surface area contributed by atoms with E-state index in [2.05, 4.69) is 4.98 Å². The molecule has 1 radical (unpaired) electrons. The fourth-order valence-electron chi connectivity index (χ4n) is 0.762. The van der Waals surface area contributed by atoms with Crippen molar-refractivity contribution in [1.29, 1.82) is 0 Å². The number of nitrogens with zero attached hydrogens (tertiary/aromatic N) is 2. The molecule has 1 rings (SSSR count). The summed E-state index contributed by atoms with van der Waals surface area (Å²) in [5, 5.41) is 0. The van der Waals surface area contributed by atoms with Crippen LogP contribution in [0, 0.1) is 6.92 Å². The molecule has 0 unspecified atom stereocenters. The van der Waals surface area contributed by atoms with Gasteiger partial charge in [0.15, 0.2) is 0 Å². The minimum atomic E-state index is 0.625. The Balaban J connectivity index is 2.95. The Kier molecular flexibility index (Phi) is 2.21. The van der Waals surface area contributed by atoms with Crippen molar-refractivity contribution in [3.63, 3.8) is 0 Å². The van der Waals surface area contributed by atoms with E-state index in [1.165, 1.54) is 4.90 Å². The zero-order valence-corrected chi connectivity index (χ0v) is 6.53. The zero-order valence-electron chi connectivity index (χ0n) is 6.53. The highest BCUT2D eigenvalue weighted by Crippen LogP contribution is 2.06. The first-order valence-corrected chi connectivity index (χ1v) is 3.29. The molecule has 0 aliphatic carbocycles. The van der Waals surface area contributed by atoms with Crippen LogP contribution >= 0.6 is 0 Å². The second-order valence-electron chi connectivity index (χ2n) is 2.29. The number of carbonyl (C=O) groups excluding carboxylic acids is 1. The largest absolute Gasteiger partial charge is 0.317 e. The van der Waals surface area contributed by atoms with E-state index in [1.54, 1.807) is 19.5 Å². The topological polar surface area (TPSA) is 33.2 Å². The molecule has 0 aromatic carbocycles. The van der Waals surface area contributed by atoms with Gasteiger partial charge in [-0.05, 0) is 19.1 Å². The number of pyridine rings is 1. The molecule has 3 nitrogen and oxygen atoms in total. The van der Waals surface area contributed by atoms with E-state index in [9.17, 15) is 4.79 Å². The summed E-state index contributed by atoms with van der Waals surface area (Å²) in [5.74, 6) is 0.625. The van der Waals surface area contributed by atoms with E-state index in [0.717, 1.165) is 5.69 Å². The predicted octanol–water partition coefficient (Wildman–Crippen LogP) is 0.893. The minimum absolute atomic E-state index is 0.625. The van der Waals surface area contributed by atoms with E-state index in [4.69, 9.17) is 0 Å². The van der Waals surface area contributed by atoms with E-state index >= 15 is 0 Å². The van der Waals surface area contributed by atoms with Gasteiger partial charge in [0.05, 0.1) is 0 Å². The molecule has 11 heavy (non-hydrogen) atoms. The van der Waals surface area contributed by atoms with Gasteiger partial charge in [-0.25, -0.2) is 4.98 Å². The lowest BCUT2D eigenvalue weighted by molar-refractivity contribution is 0.554. The normalized spacial score (nSPS) is 9.27. The van der Waals surface area contributed by atoms with Crippen molar-refractivity contribution in [2.24, 2.45) is 0 Å². The molecule has 0 fully saturated rings. The van der Waals surface area contributed by atoms with E-state index in [0.29, 0.717) is 5.82 Å². The average molecular weight is 149 g/mol. The van der Waals surface area contributed by atoms with Crippen LogP contribution in [0.15, 0.2) is 18.2 Å². The zero-order chi connectivity index (χ0) is 8.27. The quantitative estimate of drug-likeness (QED) is 0.585. The Morgan fingerprint density at radius 3 is 2.82 bits per heavy atom. The summed E-state index contributed by atoms with van der Waals surface area (Å²) in [6, 6.07) is 5.49. The van der Waals surface area contributed by atoms with Gasteiger partial charge in [-0.1, -0.05) is 6.07 Å². The molecule has 0 saturated carbocycles. The molecule has 0 atom stereocenters. The van der Waals surface area contributed by atoms with Crippen LogP contribution in [0.4, 0.5) is 5.82 Å². The lowest BCUT2D eigenvalue weighted by Gasteiger charge is -2.07. The predicted molar refractivity (Wildman–Crippen MR) is 43.1 cm³/mol. The summed E-state index contributed by atoms with van der Waals surface area (Å²) < 4.78 is 0. The van der Waals surface area contributed by atoms with E-state index < -0.39 is 0 Å². The minimum Gasteiger partial charge on any atom is -0.292 e. The molecular weight excluding hydrogens is 140 g/mol. The van der Waals surface area contributed by atoms with Crippen LogP contribution in [0.2, 0.25) is 0 Å². The lowest BCUT2D eigenvalue weighted by atomic mass is 10.4. The Labute approximate surface area is 65.7 Å². The van der Waals surface area contributed by atoms with Gasteiger partial charge in [-0.15, -0.1) is 0 Å². The van der Waals surface area contributed by atoms with Crippen LogP contribution in [-0.2, 0) is 4.79 Å². The van der Waals surface area contributed by atoms with Crippen molar-refractivity contribution in [1.82, 2.24) is 4.98 Å². The van der Waals surface area contributed by atoms with E-state index in [-0.39, 0.29) is 0 Å². The molecule has 1 amide bonds. The summed E-state index contributed by atoms with van der Waals surface area (Å²) in [6.45, 7) is 1.88. The number of amides is 1.